The minimum Gasteiger partial charge on any atom is -0.463 e. The fraction of sp³-hybridized carbons (Fsp3) is 0.545. The SMILES string of the molecule is CC(=O)OC[C@H]1O[C@@H](N2CCc3cc([N+](=O)[O-])ccc32)[C@@H](OC(C)=O)[C@@H](OC(C)=O)[C@@H]1OC(C)=O. The highest BCUT2D eigenvalue weighted by Crippen LogP contribution is 2.38. The van der Waals surface area contributed by atoms with Crippen LogP contribution in [0.25, 0.3) is 0 Å². The second-order valence-electron chi connectivity index (χ2n) is 8.10. The van der Waals surface area contributed by atoms with Gasteiger partial charge >= 0.3 is 23.9 Å². The number of fused-ring (bicyclic) bond motifs is 1. The van der Waals surface area contributed by atoms with Crippen LogP contribution in [0.1, 0.15) is 33.3 Å². The zero-order valence-corrected chi connectivity index (χ0v) is 19.6. The van der Waals surface area contributed by atoms with Gasteiger partial charge in [-0.1, -0.05) is 0 Å². The number of esters is 4. The zero-order valence-electron chi connectivity index (χ0n) is 19.6. The van der Waals surface area contributed by atoms with Crippen LogP contribution in [0.4, 0.5) is 11.4 Å². The number of anilines is 1. The standard InChI is InChI=1S/C22H26N2O11/c1-11(25)31-10-18-19(32-12(2)26)20(33-13(3)27)21(34-14(4)28)22(35-18)23-8-7-15-9-16(24(29)30)5-6-17(15)23/h5-6,9,18-22H,7-8,10H2,1-4H3/t18-,19-,20+,21+,22-/m1/s1. The van der Waals surface area contributed by atoms with Gasteiger partial charge in [0.1, 0.15) is 12.7 Å². The molecule has 0 bridgehead atoms. The Balaban J connectivity index is 2.05. The number of nitrogens with zero attached hydrogens (tertiary/aromatic N) is 2. The molecule has 13 heteroatoms. The average molecular weight is 494 g/mol. The van der Waals surface area contributed by atoms with Gasteiger partial charge in [-0.15, -0.1) is 0 Å². The number of nitro groups is 1. The molecule has 0 N–H and O–H groups in total. The van der Waals surface area contributed by atoms with E-state index in [2.05, 4.69) is 0 Å². The van der Waals surface area contributed by atoms with E-state index in [1.54, 1.807) is 11.0 Å². The molecular formula is C22H26N2O11. The Bertz CT molecular complexity index is 1030. The minimum absolute atomic E-state index is 0.0767. The number of carbonyl (C=O) groups excluding carboxylic acids is 4. The second-order valence-corrected chi connectivity index (χ2v) is 8.10. The van der Waals surface area contributed by atoms with E-state index in [-0.39, 0.29) is 12.3 Å². The van der Waals surface area contributed by atoms with Gasteiger partial charge in [-0.25, -0.2) is 0 Å². The molecule has 1 aromatic carbocycles. The van der Waals surface area contributed by atoms with Crippen molar-refractivity contribution in [2.24, 2.45) is 0 Å². The number of ether oxygens (including phenoxy) is 5. The molecule has 0 saturated carbocycles. The molecule has 2 aliphatic rings. The van der Waals surface area contributed by atoms with E-state index in [1.165, 1.54) is 19.1 Å². The predicted molar refractivity (Wildman–Crippen MR) is 116 cm³/mol. The third-order valence-corrected chi connectivity index (χ3v) is 5.48. The van der Waals surface area contributed by atoms with Crippen molar-refractivity contribution in [3.05, 3.63) is 33.9 Å². The maximum absolute atomic E-state index is 12.0. The van der Waals surface area contributed by atoms with Crippen molar-refractivity contribution in [3.8, 4) is 0 Å². The molecular weight excluding hydrogens is 468 g/mol. The fourth-order valence-corrected chi connectivity index (χ4v) is 4.25. The van der Waals surface area contributed by atoms with Gasteiger partial charge in [-0.2, -0.15) is 0 Å². The Labute approximate surface area is 200 Å². The topological polar surface area (TPSA) is 161 Å². The van der Waals surface area contributed by atoms with Gasteiger partial charge in [0.05, 0.1) is 4.92 Å². The Hall–Kier alpha value is -3.74. The lowest BCUT2D eigenvalue weighted by Crippen LogP contribution is -2.66. The van der Waals surface area contributed by atoms with E-state index < -0.39 is 59.4 Å². The van der Waals surface area contributed by atoms with Crippen molar-refractivity contribution in [2.45, 2.75) is 64.8 Å². The molecule has 0 aromatic heterocycles. The predicted octanol–water partition coefficient (Wildman–Crippen LogP) is 1.04. The van der Waals surface area contributed by atoms with Crippen LogP contribution in [-0.4, -0.2) is 72.6 Å². The average Bonchev–Trinajstić information content (AvgIpc) is 3.17. The first-order valence-electron chi connectivity index (χ1n) is 10.8. The van der Waals surface area contributed by atoms with E-state index in [4.69, 9.17) is 23.7 Å². The van der Waals surface area contributed by atoms with Crippen molar-refractivity contribution in [2.75, 3.05) is 18.1 Å². The summed E-state index contributed by atoms with van der Waals surface area (Å²) >= 11 is 0. The Kier molecular flexibility index (Phi) is 7.89. The van der Waals surface area contributed by atoms with Gasteiger partial charge < -0.3 is 28.6 Å². The van der Waals surface area contributed by atoms with Crippen molar-refractivity contribution < 1.29 is 47.8 Å². The molecule has 0 unspecified atom stereocenters. The Morgan fingerprint density at radius 2 is 1.57 bits per heavy atom. The third kappa shape index (κ3) is 6.04. The molecule has 5 atom stereocenters. The van der Waals surface area contributed by atoms with Crippen molar-refractivity contribution in [3.63, 3.8) is 0 Å². The lowest BCUT2D eigenvalue weighted by atomic mass is 9.96. The summed E-state index contributed by atoms with van der Waals surface area (Å²) in [6.07, 6.45) is -5.49. The number of carbonyl (C=O) groups is 4. The largest absolute Gasteiger partial charge is 0.463 e. The highest BCUT2D eigenvalue weighted by molar-refractivity contribution is 5.69. The molecule has 190 valence electrons. The van der Waals surface area contributed by atoms with Gasteiger partial charge in [0.2, 0.25) is 0 Å². The van der Waals surface area contributed by atoms with Gasteiger partial charge in [0, 0.05) is 52.1 Å². The smallest absolute Gasteiger partial charge is 0.303 e. The van der Waals surface area contributed by atoms with E-state index in [0.717, 1.165) is 20.8 Å². The zero-order chi connectivity index (χ0) is 25.9. The Morgan fingerprint density at radius 3 is 2.14 bits per heavy atom. The monoisotopic (exact) mass is 494 g/mol. The maximum Gasteiger partial charge on any atom is 0.303 e. The number of rotatable bonds is 7. The van der Waals surface area contributed by atoms with E-state index in [0.29, 0.717) is 24.2 Å². The van der Waals surface area contributed by atoms with E-state index in [9.17, 15) is 29.3 Å². The maximum atomic E-state index is 12.0. The van der Waals surface area contributed by atoms with E-state index >= 15 is 0 Å². The van der Waals surface area contributed by atoms with Crippen LogP contribution in [0.2, 0.25) is 0 Å². The van der Waals surface area contributed by atoms with Crippen molar-refractivity contribution in [1.29, 1.82) is 0 Å². The van der Waals surface area contributed by atoms with Crippen LogP contribution < -0.4 is 4.90 Å². The molecule has 0 radical (unpaired) electrons. The lowest BCUT2D eigenvalue weighted by molar-refractivity contribution is -0.384. The molecule has 0 amide bonds. The highest BCUT2D eigenvalue weighted by atomic mass is 16.7. The number of non-ortho nitro benzene ring substituents is 1. The molecule has 0 aliphatic carbocycles. The minimum atomic E-state index is -1.29. The van der Waals surface area contributed by atoms with Crippen LogP contribution >= 0.6 is 0 Å². The molecule has 1 aromatic rings. The van der Waals surface area contributed by atoms with Crippen LogP contribution in [-0.2, 0) is 49.3 Å². The van der Waals surface area contributed by atoms with Crippen LogP contribution in [0.15, 0.2) is 18.2 Å². The molecule has 0 spiro atoms. The molecule has 35 heavy (non-hydrogen) atoms. The molecule has 1 saturated heterocycles. The molecule has 2 aliphatic heterocycles. The van der Waals surface area contributed by atoms with Gasteiger partial charge in [0.25, 0.3) is 5.69 Å². The molecule has 13 nitrogen and oxygen atoms in total. The van der Waals surface area contributed by atoms with Crippen molar-refractivity contribution in [1.82, 2.24) is 0 Å². The van der Waals surface area contributed by atoms with Gasteiger partial charge in [0.15, 0.2) is 24.5 Å². The van der Waals surface area contributed by atoms with Crippen molar-refractivity contribution >= 4 is 35.3 Å². The summed E-state index contributed by atoms with van der Waals surface area (Å²) < 4.78 is 27.6. The number of hydrogen-bond acceptors (Lipinski definition) is 12. The highest BCUT2D eigenvalue weighted by Gasteiger charge is 2.54. The summed E-state index contributed by atoms with van der Waals surface area (Å²) in [6, 6.07) is 4.33. The molecule has 2 heterocycles. The summed E-state index contributed by atoms with van der Waals surface area (Å²) in [6.45, 7) is 4.64. The summed E-state index contributed by atoms with van der Waals surface area (Å²) in [5.41, 5.74) is 1.19. The third-order valence-electron chi connectivity index (χ3n) is 5.48. The fourth-order valence-electron chi connectivity index (χ4n) is 4.25. The lowest BCUT2D eigenvalue weighted by Gasteiger charge is -2.47. The molecule has 3 rings (SSSR count). The van der Waals surface area contributed by atoms with Crippen LogP contribution in [0.5, 0.6) is 0 Å². The van der Waals surface area contributed by atoms with Crippen LogP contribution in [0, 0.1) is 10.1 Å². The van der Waals surface area contributed by atoms with E-state index in [1.807, 2.05) is 0 Å². The normalized spacial score (nSPS) is 25.3. The van der Waals surface area contributed by atoms with Gasteiger partial charge in [-0.3, -0.25) is 29.3 Å². The first kappa shape index (κ1) is 25.9. The first-order valence-corrected chi connectivity index (χ1v) is 10.8. The summed E-state index contributed by atoms with van der Waals surface area (Å²) in [5.74, 6) is -2.77. The number of hydrogen-bond donors (Lipinski definition) is 0. The Morgan fingerprint density at radius 1 is 0.971 bits per heavy atom. The first-order chi connectivity index (χ1) is 16.5. The quantitative estimate of drug-likeness (QED) is 0.230. The number of nitro benzene ring substituents is 1. The van der Waals surface area contributed by atoms with Crippen LogP contribution in [0.3, 0.4) is 0 Å². The number of benzene rings is 1. The summed E-state index contributed by atoms with van der Waals surface area (Å²) in [7, 11) is 0. The van der Waals surface area contributed by atoms with Gasteiger partial charge in [-0.05, 0) is 18.1 Å². The summed E-state index contributed by atoms with van der Waals surface area (Å²) in [4.78, 5) is 59.7. The second kappa shape index (κ2) is 10.7. The summed E-state index contributed by atoms with van der Waals surface area (Å²) in [5, 5.41) is 11.2. The molecule has 1 fully saturated rings.